The minimum atomic E-state index is -0.574. The smallest absolute Gasteiger partial charge is 0.286 e. The van der Waals surface area contributed by atoms with Crippen molar-refractivity contribution in [1.29, 1.82) is 0 Å². The summed E-state index contributed by atoms with van der Waals surface area (Å²) in [5.74, 6) is -0.00929. The Morgan fingerprint density at radius 2 is 1.75 bits per heavy atom. The Morgan fingerprint density at radius 1 is 0.944 bits per heavy atom. The molecule has 2 aliphatic rings. The third-order valence-electron chi connectivity index (χ3n) is 6.63. The van der Waals surface area contributed by atoms with E-state index in [1.165, 1.54) is 27.8 Å². The van der Waals surface area contributed by atoms with Crippen molar-refractivity contribution in [3.63, 3.8) is 0 Å². The van der Waals surface area contributed by atoms with Crippen LogP contribution in [0.5, 0.6) is 0 Å². The number of carbonyl (C=O) groups is 1. The van der Waals surface area contributed by atoms with Gasteiger partial charge in [-0.25, -0.2) is 0 Å². The van der Waals surface area contributed by atoms with Crippen LogP contribution in [0, 0.1) is 0 Å². The van der Waals surface area contributed by atoms with Crippen molar-refractivity contribution in [3.8, 4) is 11.1 Å². The molecule has 0 fully saturated rings. The van der Waals surface area contributed by atoms with Crippen LogP contribution in [-0.2, 0) is 32.0 Å². The lowest BCUT2D eigenvalue weighted by atomic mass is 9.87. The van der Waals surface area contributed by atoms with Crippen LogP contribution in [0.4, 0.5) is 0 Å². The maximum atomic E-state index is 13.1. The van der Waals surface area contributed by atoms with Gasteiger partial charge in [0.15, 0.2) is 5.76 Å². The molecule has 1 heterocycles. The van der Waals surface area contributed by atoms with E-state index in [0.717, 1.165) is 12.0 Å². The summed E-state index contributed by atoms with van der Waals surface area (Å²) < 4.78 is 17.3. The van der Waals surface area contributed by atoms with Crippen LogP contribution in [0.1, 0.15) is 34.6 Å². The predicted octanol–water partition coefficient (Wildman–Crippen LogP) is 4.31. The second-order valence-corrected chi connectivity index (χ2v) is 9.00. The second-order valence-electron chi connectivity index (χ2n) is 9.00. The molecule has 0 saturated heterocycles. The number of fused-ring (bicyclic) bond motifs is 3. The summed E-state index contributed by atoms with van der Waals surface area (Å²) in [6, 6.07) is 24.7. The molecule has 5 rings (SSSR count). The van der Waals surface area contributed by atoms with Crippen LogP contribution in [0.3, 0.4) is 0 Å². The van der Waals surface area contributed by atoms with Crippen molar-refractivity contribution >= 4 is 5.91 Å². The van der Waals surface area contributed by atoms with Gasteiger partial charge in [0.1, 0.15) is 0 Å². The van der Waals surface area contributed by atoms with Gasteiger partial charge in [0.05, 0.1) is 26.4 Å². The lowest BCUT2D eigenvalue weighted by Crippen LogP contribution is -2.33. The van der Waals surface area contributed by atoms with E-state index in [0.29, 0.717) is 26.2 Å². The lowest BCUT2D eigenvalue weighted by Gasteiger charge is -2.30. The van der Waals surface area contributed by atoms with Crippen molar-refractivity contribution in [2.75, 3.05) is 26.4 Å². The van der Waals surface area contributed by atoms with E-state index in [-0.39, 0.29) is 30.8 Å². The van der Waals surface area contributed by atoms with Crippen LogP contribution >= 0.6 is 0 Å². The highest BCUT2D eigenvalue weighted by molar-refractivity contribution is 5.91. The zero-order valence-corrected chi connectivity index (χ0v) is 20.2. The quantitative estimate of drug-likeness (QED) is 0.327. The molecule has 1 aliphatic carbocycles. The fourth-order valence-electron chi connectivity index (χ4n) is 4.93. The Hall–Kier alpha value is -3.45. The third-order valence-corrected chi connectivity index (χ3v) is 6.63. The van der Waals surface area contributed by atoms with Gasteiger partial charge in [0.2, 0.25) is 6.29 Å². The van der Waals surface area contributed by atoms with Crippen molar-refractivity contribution < 1.29 is 24.1 Å². The maximum absolute atomic E-state index is 13.1. The molecule has 3 aromatic carbocycles. The number of rotatable bonds is 10. The summed E-state index contributed by atoms with van der Waals surface area (Å²) in [7, 11) is 0. The van der Waals surface area contributed by atoms with E-state index in [1.807, 2.05) is 36.4 Å². The van der Waals surface area contributed by atoms with Gasteiger partial charge < -0.3 is 24.6 Å². The van der Waals surface area contributed by atoms with E-state index < -0.39 is 6.29 Å². The van der Waals surface area contributed by atoms with Gasteiger partial charge in [0, 0.05) is 18.9 Å². The molecule has 0 saturated carbocycles. The van der Waals surface area contributed by atoms with E-state index in [4.69, 9.17) is 19.3 Å². The zero-order chi connectivity index (χ0) is 24.7. The van der Waals surface area contributed by atoms with E-state index >= 15 is 0 Å². The summed E-state index contributed by atoms with van der Waals surface area (Å²) in [6.45, 7) is 1.32. The maximum Gasteiger partial charge on any atom is 0.286 e. The standard InChI is InChI=1S/C30H31NO5/c32-13-14-34-15-16-35-29-19-23(18-28(36-29)30(33)31-20-21-7-2-1-3-8-21)25-11-6-12-26-24-10-5-4-9-22(24)17-27(25)26/h1-12,18,23,29,32H,13-17,19-20H2,(H,31,33)/t23-,29+/m1/s1. The van der Waals surface area contributed by atoms with Crippen molar-refractivity contribution in [3.05, 3.63) is 107 Å². The van der Waals surface area contributed by atoms with Crippen LogP contribution < -0.4 is 5.32 Å². The number of allylic oxidation sites excluding steroid dienone is 1. The van der Waals surface area contributed by atoms with E-state index in [9.17, 15) is 4.79 Å². The normalized spacial score (nSPS) is 18.1. The molecule has 2 N–H and O–H groups in total. The molecule has 0 aromatic heterocycles. The first-order valence-corrected chi connectivity index (χ1v) is 12.4. The average molecular weight is 486 g/mol. The minimum Gasteiger partial charge on any atom is -0.459 e. The molecule has 2 atom stereocenters. The molecule has 36 heavy (non-hydrogen) atoms. The molecule has 0 radical (unpaired) electrons. The first-order valence-electron chi connectivity index (χ1n) is 12.4. The Balaban J connectivity index is 1.37. The fourth-order valence-corrected chi connectivity index (χ4v) is 4.93. The van der Waals surface area contributed by atoms with Crippen LogP contribution in [-0.4, -0.2) is 43.7 Å². The molecule has 0 spiro atoms. The number of ether oxygens (including phenoxy) is 3. The number of hydrogen-bond donors (Lipinski definition) is 2. The summed E-state index contributed by atoms with van der Waals surface area (Å²) in [6.07, 6.45) is 2.83. The number of aliphatic hydroxyl groups is 1. The summed E-state index contributed by atoms with van der Waals surface area (Å²) in [5, 5.41) is 11.9. The summed E-state index contributed by atoms with van der Waals surface area (Å²) in [4.78, 5) is 13.1. The molecule has 0 bridgehead atoms. The van der Waals surface area contributed by atoms with E-state index in [1.54, 1.807) is 0 Å². The van der Waals surface area contributed by atoms with Gasteiger partial charge in [-0.1, -0.05) is 72.8 Å². The number of hydrogen-bond acceptors (Lipinski definition) is 5. The van der Waals surface area contributed by atoms with Gasteiger partial charge in [0.25, 0.3) is 5.91 Å². The molecule has 1 aliphatic heterocycles. The topological polar surface area (TPSA) is 77.0 Å². The number of carbonyl (C=O) groups excluding carboxylic acids is 1. The molecule has 186 valence electrons. The monoisotopic (exact) mass is 485 g/mol. The van der Waals surface area contributed by atoms with Gasteiger partial charge >= 0.3 is 0 Å². The molecule has 1 amide bonds. The first kappa shape index (κ1) is 24.3. The number of amides is 1. The van der Waals surface area contributed by atoms with Crippen molar-refractivity contribution in [1.82, 2.24) is 5.32 Å². The molecular weight excluding hydrogens is 454 g/mol. The Bertz CT molecular complexity index is 1220. The number of aliphatic hydroxyl groups excluding tert-OH is 1. The SMILES string of the molecule is O=C(NCc1ccccc1)C1=C[C@@H](c2cccc3c2Cc2ccccc2-3)C[C@@H](OCCOCCO)O1. The lowest BCUT2D eigenvalue weighted by molar-refractivity contribution is -0.151. The van der Waals surface area contributed by atoms with Crippen LogP contribution in [0.25, 0.3) is 11.1 Å². The molecule has 3 aromatic rings. The highest BCUT2D eigenvalue weighted by Crippen LogP contribution is 2.42. The number of nitrogens with one attached hydrogen (secondary N) is 1. The van der Waals surface area contributed by atoms with Crippen LogP contribution in [0.15, 0.2) is 84.6 Å². The summed E-state index contributed by atoms with van der Waals surface area (Å²) >= 11 is 0. The predicted molar refractivity (Wildman–Crippen MR) is 137 cm³/mol. The molecule has 6 nitrogen and oxygen atoms in total. The first-order chi connectivity index (χ1) is 17.7. The second kappa shape index (κ2) is 11.5. The number of benzene rings is 3. The van der Waals surface area contributed by atoms with Crippen molar-refractivity contribution in [2.24, 2.45) is 0 Å². The highest BCUT2D eigenvalue weighted by Gasteiger charge is 2.31. The van der Waals surface area contributed by atoms with Crippen molar-refractivity contribution in [2.45, 2.75) is 31.6 Å². The van der Waals surface area contributed by atoms with Gasteiger partial charge in [-0.2, -0.15) is 0 Å². The Labute approximate surface area is 211 Å². The van der Waals surface area contributed by atoms with Crippen LogP contribution in [0.2, 0.25) is 0 Å². The Morgan fingerprint density at radius 3 is 2.61 bits per heavy atom. The van der Waals surface area contributed by atoms with Gasteiger partial charge in [-0.3, -0.25) is 4.79 Å². The van der Waals surface area contributed by atoms with Gasteiger partial charge in [-0.05, 0) is 45.9 Å². The fraction of sp³-hybridized carbons (Fsp3) is 0.300. The highest BCUT2D eigenvalue weighted by atomic mass is 16.7. The average Bonchev–Trinajstić information content (AvgIpc) is 3.31. The largest absolute Gasteiger partial charge is 0.459 e. The zero-order valence-electron chi connectivity index (χ0n) is 20.2. The van der Waals surface area contributed by atoms with Gasteiger partial charge in [-0.15, -0.1) is 0 Å². The Kier molecular flexibility index (Phi) is 7.76. The van der Waals surface area contributed by atoms with E-state index in [2.05, 4.69) is 47.8 Å². The summed E-state index contributed by atoms with van der Waals surface area (Å²) in [5.41, 5.74) is 7.38. The molecular formula is C30H31NO5. The molecule has 6 heteroatoms. The third kappa shape index (κ3) is 5.51. The molecule has 0 unspecified atom stereocenters. The minimum absolute atomic E-state index is 0.0242.